The molecule has 94 valence electrons. The van der Waals surface area contributed by atoms with E-state index in [4.69, 9.17) is 5.73 Å². The molecular weight excluding hydrogens is 208 g/mol. The van der Waals surface area contributed by atoms with Gasteiger partial charge in [0, 0.05) is 24.5 Å². The Morgan fingerprint density at radius 2 is 1.82 bits per heavy atom. The fraction of sp³-hybridized carbons (Fsp3) is 0.600. The van der Waals surface area contributed by atoms with Crippen molar-refractivity contribution in [3.63, 3.8) is 0 Å². The summed E-state index contributed by atoms with van der Waals surface area (Å²) in [5, 5.41) is 3.38. The van der Waals surface area contributed by atoms with Gasteiger partial charge in [0.15, 0.2) is 0 Å². The van der Waals surface area contributed by atoms with Crippen molar-refractivity contribution in [2.75, 3.05) is 13.1 Å². The third-order valence-corrected chi connectivity index (χ3v) is 3.83. The SMILES string of the molecule is CC(C)(C)c1ccc([C@H]2CNC[C@]2(C)N)cc1. The van der Waals surface area contributed by atoms with Gasteiger partial charge in [0.2, 0.25) is 0 Å². The van der Waals surface area contributed by atoms with Crippen molar-refractivity contribution in [3.8, 4) is 0 Å². The highest BCUT2D eigenvalue weighted by atomic mass is 15.0. The maximum atomic E-state index is 6.32. The average molecular weight is 232 g/mol. The third-order valence-electron chi connectivity index (χ3n) is 3.83. The van der Waals surface area contributed by atoms with E-state index in [1.165, 1.54) is 11.1 Å². The molecule has 1 fully saturated rings. The van der Waals surface area contributed by atoms with Crippen LogP contribution >= 0.6 is 0 Å². The van der Waals surface area contributed by atoms with Crippen LogP contribution in [-0.2, 0) is 5.41 Å². The van der Waals surface area contributed by atoms with Gasteiger partial charge >= 0.3 is 0 Å². The van der Waals surface area contributed by atoms with Crippen molar-refractivity contribution in [3.05, 3.63) is 35.4 Å². The lowest BCUT2D eigenvalue weighted by Crippen LogP contribution is -2.42. The minimum atomic E-state index is -0.122. The van der Waals surface area contributed by atoms with Crippen molar-refractivity contribution in [2.24, 2.45) is 5.73 Å². The van der Waals surface area contributed by atoms with Gasteiger partial charge in [-0.2, -0.15) is 0 Å². The average Bonchev–Trinajstić information content (AvgIpc) is 2.57. The number of benzene rings is 1. The number of nitrogens with two attached hydrogens (primary N) is 1. The van der Waals surface area contributed by atoms with E-state index in [1.54, 1.807) is 0 Å². The van der Waals surface area contributed by atoms with Gasteiger partial charge in [-0.15, -0.1) is 0 Å². The fourth-order valence-electron chi connectivity index (χ4n) is 2.56. The Hall–Kier alpha value is -0.860. The molecule has 0 bridgehead atoms. The Bertz CT molecular complexity index is 384. The lowest BCUT2D eigenvalue weighted by molar-refractivity contribution is 0.462. The molecule has 0 amide bonds. The molecule has 1 aromatic rings. The first-order chi connectivity index (χ1) is 7.81. The molecule has 3 N–H and O–H groups in total. The summed E-state index contributed by atoms with van der Waals surface area (Å²) in [7, 11) is 0. The van der Waals surface area contributed by atoms with Crippen LogP contribution in [0, 0.1) is 0 Å². The summed E-state index contributed by atoms with van der Waals surface area (Å²) in [6.07, 6.45) is 0. The van der Waals surface area contributed by atoms with Gasteiger partial charge in [-0.05, 0) is 23.5 Å². The van der Waals surface area contributed by atoms with E-state index in [2.05, 4.69) is 57.3 Å². The monoisotopic (exact) mass is 232 g/mol. The quantitative estimate of drug-likeness (QED) is 0.780. The summed E-state index contributed by atoms with van der Waals surface area (Å²) in [4.78, 5) is 0. The summed E-state index contributed by atoms with van der Waals surface area (Å²) in [5.41, 5.74) is 9.15. The third kappa shape index (κ3) is 2.53. The fourth-order valence-corrected chi connectivity index (χ4v) is 2.56. The molecule has 0 aliphatic carbocycles. The molecule has 1 aliphatic heterocycles. The number of hydrogen-bond donors (Lipinski definition) is 2. The van der Waals surface area contributed by atoms with Crippen LogP contribution in [-0.4, -0.2) is 18.6 Å². The van der Waals surface area contributed by atoms with Crippen LogP contribution in [0.15, 0.2) is 24.3 Å². The Kier molecular flexibility index (Phi) is 3.04. The minimum Gasteiger partial charge on any atom is -0.324 e. The first kappa shape index (κ1) is 12.6. The first-order valence-corrected chi connectivity index (χ1v) is 6.41. The number of hydrogen-bond acceptors (Lipinski definition) is 2. The second-order valence-electron chi connectivity index (χ2n) is 6.56. The lowest BCUT2D eigenvalue weighted by atomic mass is 9.81. The van der Waals surface area contributed by atoms with Crippen LogP contribution < -0.4 is 11.1 Å². The summed E-state index contributed by atoms with van der Waals surface area (Å²) in [6, 6.07) is 8.96. The molecule has 2 nitrogen and oxygen atoms in total. The van der Waals surface area contributed by atoms with Crippen LogP contribution in [0.2, 0.25) is 0 Å². The summed E-state index contributed by atoms with van der Waals surface area (Å²) in [6.45, 7) is 10.8. The summed E-state index contributed by atoms with van der Waals surface area (Å²) < 4.78 is 0. The largest absolute Gasteiger partial charge is 0.324 e. The molecule has 2 atom stereocenters. The molecule has 17 heavy (non-hydrogen) atoms. The molecule has 2 heteroatoms. The number of nitrogens with one attached hydrogen (secondary N) is 1. The molecule has 1 aromatic carbocycles. The molecule has 0 spiro atoms. The van der Waals surface area contributed by atoms with Gasteiger partial charge in [-0.1, -0.05) is 45.0 Å². The van der Waals surface area contributed by atoms with Crippen LogP contribution in [0.3, 0.4) is 0 Å². The van der Waals surface area contributed by atoms with Gasteiger partial charge in [-0.25, -0.2) is 0 Å². The molecule has 1 aliphatic rings. The maximum absolute atomic E-state index is 6.32. The Labute approximate surface area is 105 Å². The van der Waals surface area contributed by atoms with Crippen molar-refractivity contribution >= 4 is 0 Å². The number of rotatable bonds is 1. The van der Waals surface area contributed by atoms with Crippen molar-refractivity contribution in [1.82, 2.24) is 5.32 Å². The molecule has 1 saturated heterocycles. The van der Waals surface area contributed by atoms with Gasteiger partial charge < -0.3 is 11.1 Å². The van der Waals surface area contributed by atoms with Crippen LogP contribution in [0.1, 0.15) is 44.7 Å². The van der Waals surface area contributed by atoms with Gasteiger partial charge in [0.05, 0.1) is 0 Å². The zero-order valence-electron chi connectivity index (χ0n) is 11.4. The Morgan fingerprint density at radius 3 is 2.24 bits per heavy atom. The topological polar surface area (TPSA) is 38.0 Å². The van der Waals surface area contributed by atoms with Gasteiger partial charge in [0.1, 0.15) is 0 Å². The van der Waals surface area contributed by atoms with Gasteiger partial charge in [0.25, 0.3) is 0 Å². The van der Waals surface area contributed by atoms with E-state index >= 15 is 0 Å². The second kappa shape index (κ2) is 4.11. The van der Waals surface area contributed by atoms with E-state index in [0.29, 0.717) is 5.92 Å². The highest BCUT2D eigenvalue weighted by molar-refractivity contribution is 5.32. The Balaban J connectivity index is 2.24. The maximum Gasteiger partial charge on any atom is 0.0333 e. The first-order valence-electron chi connectivity index (χ1n) is 6.41. The highest BCUT2D eigenvalue weighted by Crippen LogP contribution is 2.31. The van der Waals surface area contributed by atoms with Crippen LogP contribution in [0.25, 0.3) is 0 Å². The molecule has 0 radical (unpaired) electrons. The molecular formula is C15H24N2. The molecule has 0 unspecified atom stereocenters. The van der Waals surface area contributed by atoms with Crippen molar-refractivity contribution in [1.29, 1.82) is 0 Å². The van der Waals surface area contributed by atoms with E-state index in [0.717, 1.165) is 13.1 Å². The minimum absolute atomic E-state index is 0.122. The molecule has 1 heterocycles. The van der Waals surface area contributed by atoms with Crippen LogP contribution in [0.5, 0.6) is 0 Å². The van der Waals surface area contributed by atoms with E-state index in [-0.39, 0.29) is 11.0 Å². The Morgan fingerprint density at radius 1 is 1.24 bits per heavy atom. The lowest BCUT2D eigenvalue weighted by Gasteiger charge is -2.27. The predicted octanol–water partition coefficient (Wildman–Crippen LogP) is 2.39. The molecule has 0 saturated carbocycles. The standard InChI is InChI=1S/C15H24N2/c1-14(2,3)12-7-5-11(6-8-12)13-9-17-10-15(13,4)16/h5-8,13,17H,9-10,16H2,1-4H3/t13-,15+/m1/s1. The zero-order chi connectivity index (χ0) is 12.7. The second-order valence-corrected chi connectivity index (χ2v) is 6.56. The van der Waals surface area contributed by atoms with Gasteiger partial charge in [-0.3, -0.25) is 0 Å². The molecule has 0 aromatic heterocycles. The summed E-state index contributed by atoms with van der Waals surface area (Å²) in [5.74, 6) is 0.427. The van der Waals surface area contributed by atoms with E-state index in [9.17, 15) is 0 Å². The smallest absolute Gasteiger partial charge is 0.0333 e. The summed E-state index contributed by atoms with van der Waals surface area (Å²) >= 11 is 0. The van der Waals surface area contributed by atoms with E-state index < -0.39 is 0 Å². The molecule has 2 rings (SSSR count). The zero-order valence-corrected chi connectivity index (χ0v) is 11.4. The van der Waals surface area contributed by atoms with E-state index in [1.807, 2.05) is 0 Å². The van der Waals surface area contributed by atoms with Crippen molar-refractivity contribution in [2.45, 2.75) is 44.6 Å². The van der Waals surface area contributed by atoms with Crippen molar-refractivity contribution < 1.29 is 0 Å². The highest BCUT2D eigenvalue weighted by Gasteiger charge is 2.35. The van der Waals surface area contributed by atoms with Crippen LogP contribution in [0.4, 0.5) is 0 Å². The predicted molar refractivity (Wildman–Crippen MR) is 73.3 cm³/mol. The normalized spacial score (nSPS) is 29.6.